The molecule has 0 aliphatic heterocycles. The van der Waals surface area contributed by atoms with Crippen molar-refractivity contribution in [3.63, 3.8) is 0 Å². The first kappa shape index (κ1) is 18.0. The van der Waals surface area contributed by atoms with Crippen molar-refractivity contribution in [2.24, 2.45) is 0 Å². The molecule has 3 aromatic rings. The van der Waals surface area contributed by atoms with Crippen LogP contribution in [0.2, 0.25) is 0 Å². The number of anilines is 1. The lowest BCUT2D eigenvalue weighted by atomic mass is 9.99. The van der Waals surface area contributed by atoms with Gasteiger partial charge in [-0.15, -0.1) is 0 Å². The topological polar surface area (TPSA) is 57.6 Å². The van der Waals surface area contributed by atoms with Gasteiger partial charge in [0.25, 0.3) is 0 Å². The van der Waals surface area contributed by atoms with Crippen LogP contribution in [-0.2, 0) is 6.42 Å². The molecule has 0 saturated heterocycles. The highest BCUT2D eigenvalue weighted by atomic mass is 15.1. The third kappa shape index (κ3) is 3.16. The van der Waals surface area contributed by atoms with Crippen molar-refractivity contribution in [3.05, 3.63) is 53.1 Å². The van der Waals surface area contributed by atoms with E-state index >= 15 is 0 Å². The largest absolute Gasteiger partial charge is 0.365 e. The number of pyridine rings is 1. The molecule has 0 fully saturated rings. The number of imidazole rings is 1. The van der Waals surface area contributed by atoms with E-state index in [0.29, 0.717) is 5.56 Å². The lowest BCUT2D eigenvalue weighted by molar-refractivity contribution is -0.856. The van der Waals surface area contributed by atoms with E-state index in [-0.39, 0.29) is 0 Å². The maximum absolute atomic E-state index is 9.79. The van der Waals surface area contributed by atoms with E-state index in [2.05, 4.69) is 42.5 Å². The van der Waals surface area contributed by atoms with Crippen molar-refractivity contribution in [2.45, 2.75) is 20.3 Å². The minimum absolute atomic E-state index is 0.640. The molecular weight excluding hydrogens is 322 g/mol. The Morgan fingerprint density at radius 2 is 2.08 bits per heavy atom. The van der Waals surface area contributed by atoms with E-state index in [1.165, 1.54) is 4.90 Å². The Morgan fingerprint density at radius 3 is 2.73 bits per heavy atom. The number of quaternary nitrogens is 1. The molecule has 26 heavy (non-hydrogen) atoms. The summed E-state index contributed by atoms with van der Waals surface area (Å²) >= 11 is 0. The summed E-state index contributed by atoms with van der Waals surface area (Å²) in [6, 6.07) is 10.4. The molecule has 0 amide bonds. The van der Waals surface area contributed by atoms with Gasteiger partial charge in [0.15, 0.2) is 5.65 Å². The van der Waals surface area contributed by atoms with E-state index in [1.54, 1.807) is 0 Å². The summed E-state index contributed by atoms with van der Waals surface area (Å²) in [7, 11) is 4.28. The summed E-state index contributed by atoms with van der Waals surface area (Å²) in [4.78, 5) is 6.13. The summed E-state index contributed by atoms with van der Waals surface area (Å²) in [6.45, 7) is 9.97. The third-order valence-electron chi connectivity index (χ3n) is 4.63. The zero-order valence-electron chi connectivity index (χ0n) is 16.0. The van der Waals surface area contributed by atoms with Crippen LogP contribution in [0.5, 0.6) is 0 Å². The van der Waals surface area contributed by atoms with Crippen molar-refractivity contribution >= 4 is 22.5 Å². The highest BCUT2D eigenvalue weighted by molar-refractivity contribution is 5.86. The second-order valence-electron chi connectivity index (χ2n) is 7.22. The lowest BCUT2D eigenvalue weighted by Crippen LogP contribution is -3.06. The van der Waals surface area contributed by atoms with E-state index in [9.17, 15) is 5.26 Å². The summed E-state index contributed by atoms with van der Waals surface area (Å²) in [6.07, 6.45) is 0.736. The fourth-order valence-electron chi connectivity index (χ4n) is 3.32. The minimum atomic E-state index is 0.640. The van der Waals surface area contributed by atoms with Gasteiger partial charge in [-0.2, -0.15) is 5.26 Å². The predicted molar refractivity (Wildman–Crippen MR) is 107 cm³/mol. The highest BCUT2D eigenvalue weighted by Crippen LogP contribution is 2.32. The van der Waals surface area contributed by atoms with Gasteiger partial charge < -0.3 is 10.2 Å². The normalized spacial score (nSPS) is 11.2. The number of nitrogens with one attached hydrogen (secondary N) is 2. The molecule has 0 radical (unpaired) electrons. The summed E-state index contributed by atoms with van der Waals surface area (Å²) in [5, 5.41) is 13.4. The van der Waals surface area contributed by atoms with Crippen molar-refractivity contribution in [3.8, 4) is 6.07 Å². The average Bonchev–Trinajstić information content (AvgIpc) is 2.96. The SMILES string of the molecule is C=C(C)Cc1c(C)c(C#N)c2nc3ccccc3n2c1NCC[NH+](C)C. The Hall–Kier alpha value is -2.84. The molecule has 1 aromatic carbocycles. The number of hydrogen-bond acceptors (Lipinski definition) is 3. The Kier molecular flexibility index (Phi) is 4.97. The molecule has 0 bridgehead atoms. The second-order valence-corrected chi connectivity index (χ2v) is 7.22. The Balaban J connectivity index is 2.34. The summed E-state index contributed by atoms with van der Waals surface area (Å²) < 4.78 is 2.10. The molecule has 5 heteroatoms. The zero-order chi connectivity index (χ0) is 18.8. The number of nitrogens with zero attached hydrogens (tertiary/aromatic N) is 3. The molecule has 0 unspecified atom stereocenters. The number of fused-ring (bicyclic) bond motifs is 3. The molecule has 0 aliphatic carbocycles. The number of para-hydroxylation sites is 2. The van der Waals surface area contributed by atoms with E-state index in [4.69, 9.17) is 4.98 Å². The molecule has 134 valence electrons. The fourth-order valence-corrected chi connectivity index (χ4v) is 3.32. The van der Waals surface area contributed by atoms with Crippen molar-refractivity contribution in [2.75, 3.05) is 32.5 Å². The molecule has 5 nitrogen and oxygen atoms in total. The maximum atomic E-state index is 9.79. The van der Waals surface area contributed by atoms with E-state index in [1.807, 2.05) is 32.0 Å². The number of likely N-dealkylation sites (N-methyl/N-ethyl adjacent to an activating group) is 1. The standard InChI is InChI=1S/C21H25N5/c1-14(2)12-16-15(3)17(13-22)21-24-18-8-6-7-9-19(18)26(21)20(16)23-10-11-25(4)5/h6-9,23H,1,10-12H2,2-5H3/p+1. The lowest BCUT2D eigenvalue weighted by Gasteiger charge is -2.19. The number of allylic oxidation sites excluding steroid dienone is 1. The van der Waals surface area contributed by atoms with Gasteiger partial charge in [0.05, 0.1) is 43.8 Å². The number of aromatic nitrogens is 2. The second kappa shape index (κ2) is 7.19. The van der Waals surface area contributed by atoms with Crippen LogP contribution in [0, 0.1) is 18.3 Å². The van der Waals surface area contributed by atoms with Gasteiger partial charge in [-0.25, -0.2) is 4.98 Å². The van der Waals surface area contributed by atoms with Crippen LogP contribution in [-0.4, -0.2) is 36.6 Å². The molecule has 2 aromatic heterocycles. The van der Waals surface area contributed by atoms with Crippen LogP contribution in [0.4, 0.5) is 5.82 Å². The van der Waals surface area contributed by atoms with Crippen LogP contribution < -0.4 is 10.2 Å². The highest BCUT2D eigenvalue weighted by Gasteiger charge is 2.20. The Morgan fingerprint density at radius 1 is 1.35 bits per heavy atom. The van der Waals surface area contributed by atoms with Crippen LogP contribution in [0.15, 0.2) is 36.4 Å². The van der Waals surface area contributed by atoms with Crippen molar-refractivity contribution in [1.29, 1.82) is 5.26 Å². The number of nitriles is 1. The quantitative estimate of drug-likeness (QED) is 0.672. The Labute approximate surface area is 154 Å². The van der Waals surface area contributed by atoms with E-state index in [0.717, 1.165) is 58.7 Å². The molecular formula is C21H26N5+. The molecule has 0 atom stereocenters. The Bertz CT molecular complexity index is 1020. The molecule has 2 heterocycles. The zero-order valence-corrected chi connectivity index (χ0v) is 16.0. The monoisotopic (exact) mass is 348 g/mol. The first-order valence-corrected chi connectivity index (χ1v) is 8.94. The van der Waals surface area contributed by atoms with Gasteiger partial charge in [-0.05, 0) is 38.0 Å². The van der Waals surface area contributed by atoms with Crippen LogP contribution >= 0.6 is 0 Å². The predicted octanol–water partition coefficient (Wildman–Crippen LogP) is 2.34. The van der Waals surface area contributed by atoms with Gasteiger partial charge >= 0.3 is 0 Å². The number of rotatable bonds is 6. The van der Waals surface area contributed by atoms with Gasteiger partial charge in [0.2, 0.25) is 0 Å². The van der Waals surface area contributed by atoms with Crippen LogP contribution in [0.25, 0.3) is 16.7 Å². The maximum Gasteiger partial charge on any atom is 0.157 e. The first-order valence-electron chi connectivity index (χ1n) is 8.94. The van der Waals surface area contributed by atoms with Gasteiger partial charge in [0.1, 0.15) is 11.9 Å². The smallest absolute Gasteiger partial charge is 0.157 e. The molecule has 3 rings (SSSR count). The fraction of sp³-hybridized carbons (Fsp3) is 0.333. The summed E-state index contributed by atoms with van der Waals surface area (Å²) in [5.74, 6) is 1.02. The van der Waals surface area contributed by atoms with E-state index < -0.39 is 0 Å². The van der Waals surface area contributed by atoms with Crippen molar-refractivity contribution < 1.29 is 4.90 Å². The molecule has 0 saturated carbocycles. The molecule has 2 N–H and O–H groups in total. The average molecular weight is 348 g/mol. The number of hydrogen-bond donors (Lipinski definition) is 2. The first-order chi connectivity index (χ1) is 12.4. The van der Waals surface area contributed by atoms with Crippen LogP contribution in [0.3, 0.4) is 0 Å². The van der Waals surface area contributed by atoms with Crippen LogP contribution in [0.1, 0.15) is 23.6 Å². The molecule has 0 spiro atoms. The van der Waals surface area contributed by atoms with Gasteiger partial charge in [0, 0.05) is 5.56 Å². The van der Waals surface area contributed by atoms with Crippen molar-refractivity contribution in [1.82, 2.24) is 9.38 Å². The van der Waals surface area contributed by atoms with Gasteiger partial charge in [-0.1, -0.05) is 24.3 Å². The molecule has 0 aliphatic rings. The third-order valence-corrected chi connectivity index (χ3v) is 4.63. The minimum Gasteiger partial charge on any atom is -0.365 e. The summed E-state index contributed by atoms with van der Waals surface area (Å²) in [5.41, 5.74) is 6.45. The number of benzene rings is 1. The van der Waals surface area contributed by atoms with Gasteiger partial charge in [-0.3, -0.25) is 4.40 Å².